The monoisotopic (exact) mass is 355 g/mol. The van der Waals surface area contributed by atoms with E-state index in [1.807, 2.05) is 30.9 Å². The first-order valence-corrected chi connectivity index (χ1v) is 9.23. The molecule has 0 unspecified atom stereocenters. The average Bonchev–Trinajstić information content (AvgIpc) is 2.76. The molecule has 6 nitrogen and oxygen atoms in total. The Morgan fingerprint density at radius 3 is 2.81 bits per heavy atom. The summed E-state index contributed by atoms with van der Waals surface area (Å²) >= 11 is 0. The molecule has 3 saturated heterocycles. The number of benzene rings is 1. The van der Waals surface area contributed by atoms with Gasteiger partial charge in [0.1, 0.15) is 11.5 Å². The lowest BCUT2D eigenvalue weighted by atomic mass is 9.93. The maximum absolute atomic E-state index is 13.0. The SMILES string of the molecule is Cc1noc(C)c1CN1C(=O)[C@H]2CC[C@@H]1CN(Cc1cccc(O)c1)C2. The Bertz CT molecular complexity index is 797. The van der Waals surface area contributed by atoms with E-state index in [-0.39, 0.29) is 23.6 Å². The summed E-state index contributed by atoms with van der Waals surface area (Å²) in [5.41, 5.74) is 2.98. The summed E-state index contributed by atoms with van der Waals surface area (Å²) in [6.07, 6.45) is 1.99. The highest BCUT2D eigenvalue weighted by Crippen LogP contribution is 2.32. The van der Waals surface area contributed by atoms with Crippen LogP contribution in [0.5, 0.6) is 5.75 Å². The van der Waals surface area contributed by atoms with Crippen LogP contribution in [-0.2, 0) is 17.9 Å². The fourth-order valence-electron chi connectivity index (χ4n) is 4.28. The smallest absolute Gasteiger partial charge is 0.227 e. The molecule has 3 fully saturated rings. The van der Waals surface area contributed by atoms with Crippen molar-refractivity contribution in [3.63, 3.8) is 0 Å². The van der Waals surface area contributed by atoms with E-state index < -0.39 is 0 Å². The number of fused-ring (bicyclic) bond motifs is 4. The lowest BCUT2D eigenvalue weighted by Crippen LogP contribution is -2.47. The zero-order valence-corrected chi connectivity index (χ0v) is 15.3. The molecule has 6 heteroatoms. The summed E-state index contributed by atoms with van der Waals surface area (Å²) in [5.74, 6) is 1.38. The molecule has 0 radical (unpaired) electrons. The van der Waals surface area contributed by atoms with Crippen molar-refractivity contribution in [3.05, 3.63) is 46.8 Å². The fourth-order valence-corrected chi connectivity index (χ4v) is 4.28. The van der Waals surface area contributed by atoms with Gasteiger partial charge in [0.25, 0.3) is 0 Å². The summed E-state index contributed by atoms with van der Waals surface area (Å²) in [7, 11) is 0. The number of carbonyl (C=O) groups excluding carboxylic acids is 1. The molecule has 4 heterocycles. The molecule has 3 aliphatic rings. The highest BCUT2D eigenvalue weighted by Gasteiger charge is 2.41. The third-order valence-corrected chi connectivity index (χ3v) is 5.70. The van der Waals surface area contributed by atoms with Gasteiger partial charge in [-0.2, -0.15) is 0 Å². The Morgan fingerprint density at radius 2 is 2.08 bits per heavy atom. The van der Waals surface area contributed by atoms with Gasteiger partial charge >= 0.3 is 0 Å². The van der Waals surface area contributed by atoms with Gasteiger partial charge < -0.3 is 14.5 Å². The zero-order chi connectivity index (χ0) is 18.3. The van der Waals surface area contributed by atoms with Gasteiger partial charge in [-0.25, -0.2) is 0 Å². The first-order chi connectivity index (χ1) is 12.5. The summed E-state index contributed by atoms with van der Waals surface area (Å²) in [6.45, 7) is 6.82. The first kappa shape index (κ1) is 17.1. The van der Waals surface area contributed by atoms with Gasteiger partial charge in [0.2, 0.25) is 5.91 Å². The predicted molar refractivity (Wildman–Crippen MR) is 96.4 cm³/mol. The maximum Gasteiger partial charge on any atom is 0.227 e. The summed E-state index contributed by atoms with van der Waals surface area (Å²) in [4.78, 5) is 17.4. The van der Waals surface area contributed by atoms with Gasteiger partial charge in [-0.15, -0.1) is 0 Å². The number of rotatable bonds is 4. The van der Waals surface area contributed by atoms with E-state index in [9.17, 15) is 9.90 Å². The van der Waals surface area contributed by atoms with Gasteiger partial charge in [-0.05, 0) is 44.4 Å². The summed E-state index contributed by atoms with van der Waals surface area (Å²) in [6, 6.07) is 7.59. The normalized spacial score (nSPS) is 23.5. The Balaban J connectivity index is 1.53. The van der Waals surface area contributed by atoms with E-state index in [4.69, 9.17) is 4.52 Å². The number of hydrogen-bond acceptors (Lipinski definition) is 5. The minimum absolute atomic E-state index is 0.0477. The maximum atomic E-state index is 13.0. The van der Waals surface area contributed by atoms with Crippen molar-refractivity contribution in [1.29, 1.82) is 0 Å². The molecule has 1 N–H and O–H groups in total. The van der Waals surface area contributed by atoms with Crippen molar-refractivity contribution in [2.75, 3.05) is 13.1 Å². The minimum atomic E-state index is 0.0477. The summed E-state index contributed by atoms with van der Waals surface area (Å²) < 4.78 is 5.27. The molecule has 0 aliphatic carbocycles. The van der Waals surface area contributed by atoms with Crippen LogP contribution >= 0.6 is 0 Å². The van der Waals surface area contributed by atoms with Gasteiger partial charge in [0.15, 0.2) is 0 Å². The van der Waals surface area contributed by atoms with E-state index in [0.717, 1.165) is 55.1 Å². The number of phenols is 1. The van der Waals surface area contributed by atoms with Crippen LogP contribution < -0.4 is 0 Å². The van der Waals surface area contributed by atoms with Crippen LogP contribution in [0.25, 0.3) is 0 Å². The van der Waals surface area contributed by atoms with E-state index in [0.29, 0.717) is 6.54 Å². The van der Waals surface area contributed by atoms with Crippen LogP contribution in [0, 0.1) is 19.8 Å². The van der Waals surface area contributed by atoms with Crippen molar-refractivity contribution < 1.29 is 14.4 Å². The van der Waals surface area contributed by atoms with Crippen LogP contribution in [-0.4, -0.2) is 45.1 Å². The summed E-state index contributed by atoms with van der Waals surface area (Å²) in [5, 5.41) is 13.7. The van der Waals surface area contributed by atoms with Crippen molar-refractivity contribution in [2.24, 2.45) is 5.92 Å². The lowest BCUT2D eigenvalue weighted by molar-refractivity contribution is -0.140. The molecule has 26 heavy (non-hydrogen) atoms. The van der Waals surface area contributed by atoms with Crippen LogP contribution in [0.15, 0.2) is 28.8 Å². The van der Waals surface area contributed by atoms with Crippen molar-refractivity contribution in [1.82, 2.24) is 15.0 Å². The molecule has 3 aliphatic heterocycles. The molecule has 1 aromatic carbocycles. The Hall–Kier alpha value is -2.34. The number of aromatic nitrogens is 1. The number of carbonyl (C=O) groups is 1. The quantitative estimate of drug-likeness (QED) is 0.913. The topological polar surface area (TPSA) is 69.8 Å². The largest absolute Gasteiger partial charge is 0.508 e. The number of phenolic OH excluding ortho intramolecular Hbond substituents is 1. The second kappa shape index (κ2) is 6.76. The van der Waals surface area contributed by atoms with Gasteiger partial charge in [-0.3, -0.25) is 9.69 Å². The molecule has 0 saturated carbocycles. The van der Waals surface area contributed by atoms with Crippen molar-refractivity contribution >= 4 is 5.91 Å². The third-order valence-electron chi connectivity index (χ3n) is 5.70. The van der Waals surface area contributed by atoms with Gasteiger partial charge in [0, 0.05) is 31.2 Å². The lowest BCUT2D eigenvalue weighted by Gasteiger charge is -2.36. The van der Waals surface area contributed by atoms with E-state index in [1.165, 1.54) is 0 Å². The number of nitrogens with zero attached hydrogens (tertiary/aromatic N) is 3. The molecular weight excluding hydrogens is 330 g/mol. The number of aryl methyl sites for hydroxylation is 2. The van der Waals surface area contributed by atoms with Crippen molar-refractivity contribution in [2.45, 2.75) is 45.8 Å². The Labute approximate surface area is 153 Å². The molecular formula is C20H25N3O3. The van der Waals surface area contributed by atoms with E-state index in [1.54, 1.807) is 12.1 Å². The predicted octanol–water partition coefficient (Wildman–Crippen LogP) is 2.62. The number of aromatic hydroxyl groups is 1. The molecule has 1 aromatic heterocycles. The molecule has 0 spiro atoms. The molecule has 2 bridgehead atoms. The van der Waals surface area contributed by atoms with Crippen molar-refractivity contribution in [3.8, 4) is 5.75 Å². The number of piperidine rings is 1. The fraction of sp³-hybridized carbons (Fsp3) is 0.500. The van der Waals surface area contributed by atoms with E-state index in [2.05, 4.69) is 10.1 Å². The minimum Gasteiger partial charge on any atom is -0.508 e. The van der Waals surface area contributed by atoms with Crippen LogP contribution in [0.3, 0.4) is 0 Å². The Kier molecular flexibility index (Phi) is 4.44. The van der Waals surface area contributed by atoms with Crippen LogP contribution in [0.4, 0.5) is 0 Å². The molecule has 138 valence electrons. The van der Waals surface area contributed by atoms with Gasteiger partial charge in [-0.1, -0.05) is 17.3 Å². The van der Waals surface area contributed by atoms with Crippen LogP contribution in [0.2, 0.25) is 0 Å². The Morgan fingerprint density at radius 1 is 1.23 bits per heavy atom. The molecule has 5 rings (SSSR count). The zero-order valence-electron chi connectivity index (χ0n) is 15.3. The molecule has 1 amide bonds. The number of amides is 1. The third kappa shape index (κ3) is 3.21. The number of hydrogen-bond donors (Lipinski definition) is 1. The van der Waals surface area contributed by atoms with E-state index >= 15 is 0 Å². The standard InChI is InChI=1S/C20H25N3O3/c1-13-19(14(2)26-21-13)12-23-17-7-6-16(20(23)25)10-22(11-17)9-15-4-3-5-18(24)8-15/h3-5,8,16-17,24H,6-7,9-12H2,1-2H3/t16-,17+/m0/s1. The highest BCUT2D eigenvalue weighted by molar-refractivity contribution is 5.80. The average molecular weight is 355 g/mol. The molecule has 2 aromatic rings. The second-order valence-electron chi connectivity index (χ2n) is 7.56. The second-order valence-corrected chi connectivity index (χ2v) is 7.56. The molecule has 2 atom stereocenters. The van der Waals surface area contributed by atoms with Gasteiger partial charge in [0.05, 0.1) is 18.2 Å². The van der Waals surface area contributed by atoms with Crippen LogP contribution in [0.1, 0.15) is 35.4 Å². The highest BCUT2D eigenvalue weighted by atomic mass is 16.5. The first-order valence-electron chi connectivity index (χ1n) is 9.23.